The predicted octanol–water partition coefficient (Wildman–Crippen LogP) is 7.61. The number of ketones is 1. The quantitative estimate of drug-likeness (QED) is 0.279. The molecule has 5 heteroatoms. The van der Waals surface area contributed by atoms with E-state index in [1.54, 1.807) is 18.2 Å². The van der Waals surface area contributed by atoms with Gasteiger partial charge in [0.05, 0.1) is 22.3 Å². The minimum Gasteiger partial charge on any atom is -0.507 e. The van der Waals surface area contributed by atoms with E-state index in [2.05, 4.69) is 32.9 Å². The summed E-state index contributed by atoms with van der Waals surface area (Å²) in [4.78, 5) is 23.5. The molecule has 0 saturated carbocycles. The van der Waals surface area contributed by atoms with Crippen LogP contribution in [0.25, 0.3) is 33.5 Å². The van der Waals surface area contributed by atoms with Gasteiger partial charge in [0, 0.05) is 16.5 Å². The van der Waals surface area contributed by atoms with Crippen LogP contribution in [0.4, 0.5) is 0 Å². The number of nitrogens with zero attached hydrogens (tertiary/aromatic N) is 2. The highest BCUT2D eigenvalue weighted by Crippen LogP contribution is 2.45. The third-order valence-electron chi connectivity index (χ3n) is 6.87. The lowest BCUT2D eigenvalue weighted by Gasteiger charge is -2.23. The molecule has 5 nitrogen and oxygen atoms in total. The second-order valence-electron chi connectivity index (χ2n) is 10.5. The van der Waals surface area contributed by atoms with Crippen LogP contribution in [0.2, 0.25) is 0 Å². The van der Waals surface area contributed by atoms with Gasteiger partial charge < -0.3 is 9.84 Å². The summed E-state index contributed by atoms with van der Waals surface area (Å²) in [5.41, 5.74) is 5.71. The van der Waals surface area contributed by atoms with E-state index in [1.165, 1.54) is 5.56 Å². The van der Waals surface area contributed by atoms with E-state index in [0.717, 1.165) is 11.1 Å². The highest BCUT2D eigenvalue weighted by Gasteiger charge is 2.32. The summed E-state index contributed by atoms with van der Waals surface area (Å²) in [6.45, 7) is 8.45. The van der Waals surface area contributed by atoms with Crippen molar-refractivity contribution in [3.05, 3.63) is 101 Å². The molecule has 0 radical (unpaired) electrons. The molecule has 0 unspecified atom stereocenters. The van der Waals surface area contributed by atoms with E-state index in [0.29, 0.717) is 50.6 Å². The summed E-state index contributed by atoms with van der Waals surface area (Å²) in [5, 5.41) is 11.2. The van der Waals surface area contributed by atoms with Crippen molar-refractivity contribution >= 4 is 16.7 Å². The van der Waals surface area contributed by atoms with Crippen LogP contribution in [-0.4, -0.2) is 20.9 Å². The van der Waals surface area contributed by atoms with Gasteiger partial charge in [0.25, 0.3) is 0 Å². The number of hydrogen-bond acceptors (Lipinski definition) is 5. The smallest absolute Gasteiger partial charge is 0.198 e. The molecule has 0 atom stereocenters. The number of para-hydroxylation sites is 1. The first-order valence-electron chi connectivity index (χ1n) is 12.3. The van der Waals surface area contributed by atoms with Crippen molar-refractivity contribution in [1.82, 2.24) is 9.97 Å². The minimum absolute atomic E-state index is 0.0286. The summed E-state index contributed by atoms with van der Waals surface area (Å²) >= 11 is 0. The first kappa shape index (κ1) is 22.9. The molecule has 6 rings (SSSR count). The monoisotopic (exact) mass is 486 g/mol. The molecule has 1 aromatic heterocycles. The lowest BCUT2D eigenvalue weighted by molar-refractivity contribution is 0.103. The average Bonchev–Trinajstić information content (AvgIpc) is 2.88. The first-order chi connectivity index (χ1) is 17.7. The topological polar surface area (TPSA) is 72.3 Å². The Bertz CT molecular complexity index is 1710. The van der Waals surface area contributed by atoms with Crippen LogP contribution < -0.4 is 4.74 Å². The van der Waals surface area contributed by atoms with Gasteiger partial charge >= 0.3 is 0 Å². The molecule has 37 heavy (non-hydrogen) atoms. The molecular weight excluding hydrogens is 460 g/mol. The van der Waals surface area contributed by atoms with Crippen molar-refractivity contribution in [1.29, 1.82) is 0 Å². The number of phenols is 1. The molecule has 0 saturated heterocycles. The predicted molar refractivity (Wildman–Crippen MR) is 145 cm³/mol. The van der Waals surface area contributed by atoms with E-state index < -0.39 is 0 Å². The number of ether oxygens (including phenoxy) is 1. The van der Waals surface area contributed by atoms with E-state index in [-0.39, 0.29) is 16.9 Å². The number of aromatic hydroxyl groups is 1. The molecule has 0 bridgehead atoms. The normalized spacial score (nSPS) is 12.5. The molecule has 182 valence electrons. The van der Waals surface area contributed by atoms with Crippen molar-refractivity contribution in [3.63, 3.8) is 0 Å². The van der Waals surface area contributed by atoms with E-state index >= 15 is 0 Å². The number of hydrogen-bond donors (Lipinski definition) is 1. The third kappa shape index (κ3) is 3.75. The van der Waals surface area contributed by atoms with Crippen molar-refractivity contribution in [3.8, 4) is 39.9 Å². The van der Waals surface area contributed by atoms with Gasteiger partial charge in [0.2, 0.25) is 0 Å². The summed E-state index contributed by atoms with van der Waals surface area (Å²) in [7, 11) is 0. The van der Waals surface area contributed by atoms with Crippen LogP contribution in [0.3, 0.4) is 0 Å². The van der Waals surface area contributed by atoms with E-state index in [1.807, 2.05) is 55.5 Å². The zero-order chi connectivity index (χ0) is 25.9. The van der Waals surface area contributed by atoms with Crippen LogP contribution >= 0.6 is 0 Å². The van der Waals surface area contributed by atoms with Gasteiger partial charge in [0.15, 0.2) is 11.6 Å². The van der Waals surface area contributed by atoms with E-state index in [9.17, 15) is 9.90 Å². The summed E-state index contributed by atoms with van der Waals surface area (Å²) in [5.74, 6) is 1.53. The second kappa shape index (κ2) is 8.27. The summed E-state index contributed by atoms with van der Waals surface area (Å²) in [6.07, 6.45) is 0. The number of rotatable bonds is 3. The van der Waals surface area contributed by atoms with Crippen molar-refractivity contribution < 1.29 is 14.6 Å². The standard InChI is InChI=1S/C32H26N2O3/c1-18-17-25(37-20-15-13-19(14-16-20)32(2,3)4)26-27-28(18)33-31(23-11-7-8-12-24(23)35)34-29(27)21-9-5-6-10-22(21)30(26)36/h5-17,35H,1-4H3. The number of benzene rings is 4. The van der Waals surface area contributed by atoms with Crippen LogP contribution in [0.5, 0.6) is 17.2 Å². The SMILES string of the molecule is Cc1cc(Oc2ccc(C(C)(C)C)cc2)c2c3c(nc(-c4ccccc4O)nc13)-c1ccccc1C2=O. The Hall–Kier alpha value is -4.51. The Kier molecular flexibility index (Phi) is 5.12. The molecule has 1 aliphatic rings. The number of carbonyl (C=O) groups is 1. The molecular formula is C32H26N2O3. The van der Waals surface area contributed by atoms with Crippen LogP contribution in [0, 0.1) is 6.92 Å². The van der Waals surface area contributed by atoms with Crippen molar-refractivity contribution in [2.75, 3.05) is 0 Å². The lowest BCUT2D eigenvalue weighted by Crippen LogP contribution is -2.14. The molecule has 0 amide bonds. The zero-order valence-electron chi connectivity index (χ0n) is 21.2. The Balaban J connectivity index is 1.60. The number of phenolic OH excluding ortho intramolecular Hbond substituents is 1. The highest BCUT2D eigenvalue weighted by atomic mass is 16.5. The number of fused-ring (bicyclic) bond motifs is 2. The Morgan fingerprint density at radius 1 is 0.811 bits per heavy atom. The molecule has 4 aromatic carbocycles. The number of carbonyl (C=O) groups excluding carboxylic acids is 1. The third-order valence-corrected chi connectivity index (χ3v) is 6.87. The Morgan fingerprint density at radius 3 is 2.14 bits per heavy atom. The molecule has 1 N–H and O–H groups in total. The Morgan fingerprint density at radius 2 is 1.46 bits per heavy atom. The Labute approximate surface area is 215 Å². The fourth-order valence-electron chi connectivity index (χ4n) is 4.90. The van der Waals surface area contributed by atoms with Crippen LogP contribution in [-0.2, 0) is 5.41 Å². The number of aromatic nitrogens is 2. The fourth-order valence-corrected chi connectivity index (χ4v) is 4.90. The second-order valence-corrected chi connectivity index (χ2v) is 10.5. The zero-order valence-corrected chi connectivity index (χ0v) is 21.2. The molecule has 0 spiro atoms. The van der Waals surface area contributed by atoms with E-state index in [4.69, 9.17) is 14.7 Å². The highest BCUT2D eigenvalue weighted by molar-refractivity contribution is 6.26. The van der Waals surface area contributed by atoms with Gasteiger partial charge in [-0.15, -0.1) is 0 Å². The lowest BCUT2D eigenvalue weighted by atomic mass is 9.85. The minimum atomic E-state index is -0.117. The van der Waals surface area contributed by atoms with Crippen molar-refractivity contribution in [2.24, 2.45) is 0 Å². The molecule has 1 aliphatic carbocycles. The van der Waals surface area contributed by atoms with Crippen LogP contribution in [0.1, 0.15) is 47.8 Å². The molecule has 0 aliphatic heterocycles. The fraction of sp³-hybridized carbons (Fsp3) is 0.156. The molecule has 1 heterocycles. The molecule has 0 fully saturated rings. The maximum Gasteiger partial charge on any atom is 0.198 e. The maximum absolute atomic E-state index is 13.8. The summed E-state index contributed by atoms with van der Waals surface area (Å²) in [6, 6.07) is 24.3. The van der Waals surface area contributed by atoms with Gasteiger partial charge in [-0.2, -0.15) is 0 Å². The molecule has 5 aromatic rings. The van der Waals surface area contributed by atoms with Crippen molar-refractivity contribution in [2.45, 2.75) is 33.1 Å². The van der Waals surface area contributed by atoms with Gasteiger partial charge in [-0.3, -0.25) is 4.79 Å². The summed E-state index contributed by atoms with van der Waals surface area (Å²) < 4.78 is 6.35. The largest absolute Gasteiger partial charge is 0.507 e. The van der Waals surface area contributed by atoms with Gasteiger partial charge in [-0.1, -0.05) is 69.3 Å². The number of aryl methyl sites for hydroxylation is 1. The van der Waals surface area contributed by atoms with Gasteiger partial charge in [-0.25, -0.2) is 9.97 Å². The average molecular weight is 487 g/mol. The van der Waals surface area contributed by atoms with Gasteiger partial charge in [0.1, 0.15) is 17.2 Å². The van der Waals surface area contributed by atoms with Crippen LogP contribution in [0.15, 0.2) is 78.9 Å². The first-order valence-corrected chi connectivity index (χ1v) is 12.3. The van der Waals surface area contributed by atoms with Gasteiger partial charge in [-0.05, 0) is 53.8 Å². The maximum atomic E-state index is 13.8.